The molecule has 1 aliphatic carbocycles. The normalized spacial score (nSPS) is 13.5. The topological polar surface area (TPSA) is 32.3 Å². The molecule has 0 aliphatic heterocycles. The molecule has 2 rings (SSSR count). The first-order chi connectivity index (χ1) is 7.22. The first-order valence-electron chi connectivity index (χ1n) is 5.29. The first kappa shape index (κ1) is 10.0. The van der Waals surface area contributed by atoms with E-state index in [0.717, 1.165) is 12.1 Å². The number of carbonyl (C=O) groups is 1. The summed E-state index contributed by atoms with van der Waals surface area (Å²) in [4.78, 5) is 13.1. The summed E-state index contributed by atoms with van der Waals surface area (Å²) < 4.78 is 0. The van der Waals surface area contributed by atoms with Crippen LogP contribution in [0.25, 0.3) is 0 Å². The molecule has 0 bridgehead atoms. The first-order valence-corrected chi connectivity index (χ1v) is 5.29. The molecular formula is C12H16N2O. The highest BCUT2D eigenvalue weighted by Crippen LogP contribution is 2.26. The summed E-state index contributed by atoms with van der Waals surface area (Å²) in [6, 6.07) is 6.20. The van der Waals surface area contributed by atoms with Crippen molar-refractivity contribution in [2.45, 2.75) is 19.3 Å². The van der Waals surface area contributed by atoms with Crippen molar-refractivity contribution in [3.8, 4) is 0 Å². The zero-order valence-corrected chi connectivity index (χ0v) is 9.21. The van der Waals surface area contributed by atoms with Crippen molar-refractivity contribution in [3.63, 3.8) is 0 Å². The zero-order chi connectivity index (χ0) is 10.8. The molecule has 2 amide bonds. The van der Waals surface area contributed by atoms with Gasteiger partial charge in [-0.05, 0) is 42.5 Å². The molecule has 0 spiro atoms. The third-order valence-corrected chi connectivity index (χ3v) is 2.99. The van der Waals surface area contributed by atoms with E-state index in [1.807, 2.05) is 6.07 Å². The van der Waals surface area contributed by atoms with E-state index in [1.165, 1.54) is 24.0 Å². The molecule has 1 aromatic carbocycles. The van der Waals surface area contributed by atoms with Gasteiger partial charge in [-0.15, -0.1) is 0 Å². The third kappa shape index (κ3) is 1.82. The number of benzene rings is 1. The number of fused-ring (bicyclic) bond motifs is 1. The van der Waals surface area contributed by atoms with Crippen LogP contribution in [-0.4, -0.2) is 20.1 Å². The van der Waals surface area contributed by atoms with Gasteiger partial charge < -0.3 is 5.32 Å². The quantitative estimate of drug-likeness (QED) is 0.745. The highest BCUT2D eigenvalue weighted by Gasteiger charge is 2.14. The van der Waals surface area contributed by atoms with Crippen molar-refractivity contribution in [2.75, 3.05) is 19.0 Å². The van der Waals surface area contributed by atoms with Crippen LogP contribution in [0, 0.1) is 0 Å². The molecule has 0 heterocycles. The molecule has 0 saturated heterocycles. The number of anilines is 1. The fourth-order valence-corrected chi connectivity index (χ4v) is 2.05. The number of nitrogens with zero attached hydrogens (tertiary/aromatic N) is 1. The lowest BCUT2D eigenvalue weighted by molar-refractivity contribution is 0.249. The van der Waals surface area contributed by atoms with Crippen LogP contribution >= 0.6 is 0 Å². The Labute approximate surface area is 90.1 Å². The summed E-state index contributed by atoms with van der Waals surface area (Å²) >= 11 is 0. The predicted molar refractivity (Wildman–Crippen MR) is 61.3 cm³/mol. The van der Waals surface area contributed by atoms with Crippen LogP contribution in [0.15, 0.2) is 18.2 Å². The van der Waals surface area contributed by atoms with Crippen LogP contribution in [0.3, 0.4) is 0 Å². The van der Waals surface area contributed by atoms with Crippen molar-refractivity contribution in [2.24, 2.45) is 0 Å². The molecule has 0 atom stereocenters. The maximum absolute atomic E-state index is 11.4. The summed E-state index contributed by atoms with van der Waals surface area (Å²) in [7, 11) is 3.43. The Morgan fingerprint density at radius 2 is 2.07 bits per heavy atom. The van der Waals surface area contributed by atoms with Gasteiger partial charge in [0.1, 0.15) is 0 Å². The molecule has 0 unspecified atom stereocenters. The van der Waals surface area contributed by atoms with E-state index in [0.29, 0.717) is 0 Å². The molecule has 0 radical (unpaired) electrons. The smallest absolute Gasteiger partial charge is 0.321 e. The predicted octanol–water partition coefficient (Wildman–Crippen LogP) is 1.95. The lowest BCUT2D eigenvalue weighted by Gasteiger charge is -2.17. The van der Waals surface area contributed by atoms with Gasteiger partial charge in [0.15, 0.2) is 0 Å². The van der Waals surface area contributed by atoms with Gasteiger partial charge in [-0.2, -0.15) is 0 Å². The maximum Gasteiger partial charge on any atom is 0.321 e. The van der Waals surface area contributed by atoms with Gasteiger partial charge in [0.25, 0.3) is 0 Å². The molecule has 1 aromatic rings. The van der Waals surface area contributed by atoms with E-state index in [4.69, 9.17) is 0 Å². The van der Waals surface area contributed by atoms with Gasteiger partial charge in [-0.25, -0.2) is 4.79 Å². The molecular weight excluding hydrogens is 188 g/mol. The Hall–Kier alpha value is -1.51. The van der Waals surface area contributed by atoms with Crippen molar-refractivity contribution in [1.29, 1.82) is 0 Å². The van der Waals surface area contributed by atoms with Crippen molar-refractivity contribution >= 4 is 11.7 Å². The van der Waals surface area contributed by atoms with Crippen molar-refractivity contribution < 1.29 is 4.79 Å². The second-order valence-corrected chi connectivity index (χ2v) is 3.92. The number of urea groups is 1. The Balaban J connectivity index is 2.26. The second-order valence-electron chi connectivity index (χ2n) is 3.92. The molecule has 1 aliphatic rings. The maximum atomic E-state index is 11.4. The minimum atomic E-state index is -0.0760. The minimum Gasteiger partial charge on any atom is -0.341 e. The van der Waals surface area contributed by atoms with E-state index >= 15 is 0 Å². The molecule has 15 heavy (non-hydrogen) atoms. The molecule has 0 aromatic heterocycles. The summed E-state index contributed by atoms with van der Waals surface area (Å²) in [6.07, 6.45) is 3.56. The number of hydrogen-bond donors (Lipinski definition) is 1. The van der Waals surface area contributed by atoms with Crippen molar-refractivity contribution in [1.82, 2.24) is 5.32 Å². The summed E-state index contributed by atoms with van der Waals surface area (Å²) in [5.74, 6) is 0. The number of aryl methyl sites for hydroxylation is 2. The van der Waals surface area contributed by atoms with E-state index in [2.05, 4.69) is 17.4 Å². The van der Waals surface area contributed by atoms with Crippen LogP contribution in [0.5, 0.6) is 0 Å². The van der Waals surface area contributed by atoms with Gasteiger partial charge in [0.05, 0.1) is 0 Å². The Bertz CT molecular complexity index is 387. The fraction of sp³-hybridized carbons (Fsp3) is 0.417. The monoisotopic (exact) mass is 204 g/mol. The molecule has 1 N–H and O–H groups in total. The SMILES string of the molecule is CNC(=O)N(C)c1ccc2c(c1)CCC2. The van der Waals surface area contributed by atoms with E-state index in [9.17, 15) is 4.79 Å². The van der Waals surface area contributed by atoms with Crippen LogP contribution in [0.4, 0.5) is 10.5 Å². The van der Waals surface area contributed by atoms with Crippen LogP contribution in [0.2, 0.25) is 0 Å². The Morgan fingerprint density at radius 1 is 1.33 bits per heavy atom. The largest absolute Gasteiger partial charge is 0.341 e. The highest BCUT2D eigenvalue weighted by atomic mass is 16.2. The van der Waals surface area contributed by atoms with Crippen LogP contribution < -0.4 is 10.2 Å². The fourth-order valence-electron chi connectivity index (χ4n) is 2.05. The highest BCUT2D eigenvalue weighted by molar-refractivity contribution is 5.91. The molecule has 80 valence electrons. The lowest BCUT2D eigenvalue weighted by Crippen LogP contribution is -2.34. The third-order valence-electron chi connectivity index (χ3n) is 2.99. The number of rotatable bonds is 1. The summed E-state index contributed by atoms with van der Waals surface area (Å²) in [5.41, 5.74) is 3.79. The van der Waals surface area contributed by atoms with Crippen LogP contribution in [-0.2, 0) is 12.8 Å². The van der Waals surface area contributed by atoms with Crippen LogP contribution in [0.1, 0.15) is 17.5 Å². The average molecular weight is 204 g/mol. The van der Waals surface area contributed by atoms with Crippen molar-refractivity contribution in [3.05, 3.63) is 29.3 Å². The number of carbonyl (C=O) groups excluding carboxylic acids is 1. The van der Waals surface area contributed by atoms with Gasteiger partial charge in [0.2, 0.25) is 0 Å². The minimum absolute atomic E-state index is 0.0760. The van der Waals surface area contributed by atoms with E-state index < -0.39 is 0 Å². The van der Waals surface area contributed by atoms with E-state index in [1.54, 1.807) is 19.0 Å². The zero-order valence-electron chi connectivity index (χ0n) is 9.21. The van der Waals surface area contributed by atoms with Gasteiger partial charge in [-0.3, -0.25) is 4.90 Å². The lowest BCUT2D eigenvalue weighted by atomic mass is 10.1. The standard InChI is InChI=1S/C12H16N2O/c1-13-12(15)14(2)11-7-6-9-4-3-5-10(9)8-11/h6-8H,3-5H2,1-2H3,(H,13,15). The molecule has 3 nitrogen and oxygen atoms in total. The van der Waals surface area contributed by atoms with Gasteiger partial charge in [0, 0.05) is 19.8 Å². The van der Waals surface area contributed by atoms with E-state index in [-0.39, 0.29) is 6.03 Å². The van der Waals surface area contributed by atoms with Gasteiger partial charge in [-0.1, -0.05) is 6.07 Å². The Kier molecular flexibility index (Phi) is 2.62. The Morgan fingerprint density at radius 3 is 2.80 bits per heavy atom. The average Bonchev–Trinajstić information content (AvgIpc) is 2.73. The summed E-state index contributed by atoms with van der Waals surface area (Å²) in [6.45, 7) is 0. The second kappa shape index (κ2) is 3.93. The molecule has 3 heteroatoms. The number of amides is 2. The molecule has 0 saturated carbocycles. The number of nitrogens with one attached hydrogen (secondary N) is 1. The molecule has 0 fully saturated rings. The number of hydrogen-bond acceptors (Lipinski definition) is 1. The summed E-state index contributed by atoms with van der Waals surface area (Å²) in [5, 5.41) is 2.62. The van der Waals surface area contributed by atoms with Gasteiger partial charge >= 0.3 is 6.03 Å².